The Bertz CT molecular complexity index is 698. The van der Waals surface area contributed by atoms with Crippen LogP contribution < -0.4 is 15.8 Å². The fourth-order valence-electron chi connectivity index (χ4n) is 2.10. The maximum Gasteiger partial charge on any atom is 0.229 e. The average Bonchev–Trinajstić information content (AvgIpc) is 3.32. The largest absolute Gasteiger partial charge is 0.485 e. The second-order valence-corrected chi connectivity index (χ2v) is 6.27. The molecule has 1 aromatic heterocycles. The minimum atomic E-state index is -0.250. The molecule has 0 saturated heterocycles. The van der Waals surface area contributed by atoms with Crippen LogP contribution in [0.25, 0.3) is 0 Å². The van der Waals surface area contributed by atoms with E-state index < -0.39 is 0 Å². The molecule has 0 radical (unpaired) electrons. The lowest BCUT2D eigenvalue weighted by atomic mass is 10.0. The number of carbonyl (C=O) groups excluding carboxylic acids is 1. The Labute approximate surface area is 152 Å². The summed E-state index contributed by atoms with van der Waals surface area (Å²) in [6.45, 7) is 3.87. The Morgan fingerprint density at radius 2 is 2.04 bits per heavy atom. The zero-order chi connectivity index (χ0) is 17.1. The number of rotatable bonds is 7. The standard InChI is InChI=1S/C17H22N4O3.ClH/c1-10(11(2)18)16(22)19-13-5-7-14(8-6-13)23-9-15-20-17(24-21-15)12-3-4-12;/h5-8,10-12H,3-4,9,18H2,1-2H3,(H,19,22);1H. The highest BCUT2D eigenvalue weighted by molar-refractivity contribution is 5.92. The predicted octanol–water partition coefficient (Wildman–Crippen LogP) is 2.87. The SMILES string of the molecule is CC(N)C(C)C(=O)Nc1ccc(OCc2noc(C3CC3)n2)cc1.Cl. The van der Waals surface area contributed by atoms with Gasteiger partial charge in [-0.05, 0) is 44.0 Å². The molecule has 25 heavy (non-hydrogen) atoms. The van der Waals surface area contributed by atoms with Crippen molar-refractivity contribution in [1.29, 1.82) is 0 Å². The van der Waals surface area contributed by atoms with E-state index in [-0.39, 0.29) is 36.9 Å². The van der Waals surface area contributed by atoms with Crippen LogP contribution in [-0.2, 0) is 11.4 Å². The molecule has 1 aromatic carbocycles. The summed E-state index contributed by atoms with van der Waals surface area (Å²) in [4.78, 5) is 16.3. The van der Waals surface area contributed by atoms with Crippen molar-refractivity contribution in [2.24, 2.45) is 11.7 Å². The summed E-state index contributed by atoms with van der Waals surface area (Å²) in [6, 6.07) is 6.95. The third kappa shape index (κ3) is 5.17. The molecular weight excluding hydrogens is 344 g/mol. The van der Waals surface area contributed by atoms with Crippen LogP contribution in [0.1, 0.15) is 44.3 Å². The third-order valence-corrected chi connectivity index (χ3v) is 4.10. The van der Waals surface area contributed by atoms with Gasteiger partial charge in [-0.3, -0.25) is 4.79 Å². The minimum Gasteiger partial charge on any atom is -0.485 e. The van der Waals surface area contributed by atoms with Gasteiger partial charge >= 0.3 is 0 Å². The van der Waals surface area contributed by atoms with E-state index in [1.54, 1.807) is 31.2 Å². The molecule has 0 bridgehead atoms. The predicted molar refractivity (Wildman–Crippen MR) is 95.7 cm³/mol. The van der Waals surface area contributed by atoms with Crippen LogP contribution >= 0.6 is 12.4 Å². The van der Waals surface area contributed by atoms with Gasteiger partial charge in [0.25, 0.3) is 0 Å². The van der Waals surface area contributed by atoms with Gasteiger partial charge < -0.3 is 20.3 Å². The molecule has 3 N–H and O–H groups in total. The van der Waals surface area contributed by atoms with Crippen molar-refractivity contribution in [1.82, 2.24) is 10.1 Å². The number of nitrogens with zero attached hydrogens (tertiary/aromatic N) is 2. The average molecular weight is 367 g/mol. The van der Waals surface area contributed by atoms with E-state index in [2.05, 4.69) is 15.5 Å². The van der Waals surface area contributed by atoms with Gasteiger partial charge in [0.05, 0.1) is 5.92 Å². The lowest BCUT2D eigenvalue weighted by Crippen LogP contribution is -2.34. The summed E-state index contributed by atoms with van der Waals surface area (Å²) in [5.41, 5.74) is 6.44. The number of anilines is 1. The zero-order valence-electron chi connectivity index (χ0n) is 14.3. The molecule has 1 fully saturated rings. The van der Waals surface area contributed by atoms with E-state index in [1.165, 1.54) is 0 Å². The van der Waals surface area contributed by atoms with E-state index in [0.29, 0.717) is 29.1 Å². The molecule has 1 saturated carbocycles. The second kappa shape index (κ2) is 8.31. The fraction of sp³-hybridized carbons (Fsp3) is 0.471. The summed E-state index contributed by atoms with van der Waals surface area (Å²) in [6.07, 6.45) is 2.24. The lowest BCUT2D eigenvalue weighted by Gasteiger charge is -2.15. The Morgan fingerprint density at radius 3 is 2.64 bits per heavy atom. The van der Waals surface area contributed by atoms with Gasteiger partial charge in [-0.1, -0.05) is 12.1 Å². The number of amides is 1. The Kier molecular flexibility index (Phi) is 6.39. The van der Waals surface area contributed by atoms with Gasteiger partial charge in [-0.15, -0.1) is 12.4 Å². The summed E-state index contributed by atoms with van der Waals surface area (Å²) in [5.74, 6) is 2.01. The van der Waals surface area contributed by atoms with Crippen LogP contribution in [0.2, 0.25) is 0 Å². The summed E-state index contributed by atoms with van der Waals surface area (Å²) < 4.78 is 10.8. The molecule has 0 aliphatic heterocycles. The molecule has 8 heteroatoms. The highest BCUT2D eigenvalue weighted by atomic mass is 35.5. The number of aromatic nitrogens is 2. The number of hydrogen-bond acceptors (Lipinski definition) is 6. The molecule has 1 heterocycles. The first-order valence-electron chi connectivity index (χ1n) is 8.14. The van der Waals surface area contributed by atoms with Gasteiger partial charge in [-0.25, -0.2) is 0 Å². The van der Waals surface area contributed by atoms with Crippen LogP contribution in [-0.4, -0.2) is 22.1 Å². The first-order chi connectivity index (χ1) is 11.5. The summed E-state index contributed by atoms with van der Waals surface area (Å²) in [7, 11) is 0. The van der Waals surface area contributed by atoms with Gasteiger partial charge in [0.15, 0.2) is 6.61 Å². The molecule has 1 aliphatic rings. The number of hydrogen-bond donors (Lipinski definition) is 2. The van der Waals surface area contributed by atoms with Gasteiger partial charge in [0.2, 0.25) is 17.6 Å². The second-order valence-electron chi connectivity index (χ2n) is 6.27. The third-order valence-electron chi connectivity index (χ3n) is 4.10. The van der Waals surface area contributed by atoms with Crippen molar-refractivity contribution >= 4 is 24.0 Å². The molecular formula is C17H23ClN4O3. The van der Waals surface area contributed by atoms with E-state index in [1.807, 2.05) is 6.92 Å². The van der Waals surface area contributed by atoms with E-state index in [0.717, 1.165) is 12.8 Å². The van der Waals surface area contributed by atoms with Crippen molar-refractivity contribution in [2.75, 3.05) is 5.32 Å². The number of carbonyl (C=O) groups is 1. The van der Waals surface area contributed by atoms with Crippen molar-refractivity contribution < 1.29 is 14.1 Å². The lowest BCUT2D eigenvalue weighted by molar-refractivity contribution is -0.119. The van der Waals surface area contributed by atoms with Crippen LogP contribution in [0.4, 0.5) is 5.69 Å². The van der Waals surface area contributed by atoms with Crippen molar-refractivity contribution in [3.63, 3.8) is 0 Å². The van der Waals surface area contributed by atoms with Gasteiger partial charge in [0, 0.05) is 17.6 Å². The minimum absolute atomic E-state index is 0. The highest BCUT2D eigenvalue weighted by Crippen LogP contribution is 2.38. The van der Waals surface area contributed by atoms with E-state index in [9.17, 15) is 4.79 Å². The first-order valence-corrected chi connectivity index (χ1v) is 8.14. The number of nitrogens with one attached hydrogen (secondary N) is 1. The topological polar surface area (TPSA) is 103 Å². The molecule has 2 aromatic rings. The zero-order valence-corrected chi connectivity index (χ0v) is 15.1. The monoisotopic (exact) mass is 366 g/mol. The molecule has 1 amide bonds. The fourth-order valence-corrected chi connectivity index (χ4v) is 2.10. The normalized spacial score (nSPS) is 15.8. The smallest absolute Gasteiger partial charge is 0.229 e. The molecule has 3 rings (SSSR count). The van der Waals surface area contributed by atoms with Crippen molar-refractivity contribution in [2.45, 2.75) is 45.3 Å². The van der Waals surface area contributed by atoms with E-state index >= 15 is 0 Å². The van der Waals surface area contributed by atoms with Gasteiger partial charge in [-0.2, -0.15) is 4.98 Å². The van der Waals surface area contributed by atoms with Crippen molar-refractivity contribution in [3.05, 3.63) is 36.0 Å². The molecule has 0 spiro atoms. The summed E-state index contributed by atoms with van der Waals surface area (Å²) in [5, 5.41) is 6.74. The maximum absolute atomic E-state index is 12.0. The Balaban J connectivity index is 0.00000225. The van der Waals surface area contributed by atoms with Crippen LogP contribution in [0.5, 0.6) is 5.75 Å². The quantitative estimate of drug-likeness (QED) is 0.780. The van der Waals surface area contributed by atoms with Crippen molar-refractivity contribution in [3.8, 4) is 5.75 Å². The number of benzene rings is 1. The summed E-state index contributed by atoms with van der Waals surface area (Å²) >= 11 is 0. The van der Waals surface area contributed by atoms with Crippen LogP contribution in [0, 0.1) is 5.92 Å². The number of nitrogens with two attached hydrogens (primary N) is 1. The molecule has 136 valence electrons. The Morgan fingerprint density at radius 1 is 1.36 bits per heavy atom. The molecule has 2 unspecified atom stereocenters. The first kappa shape index (κ1) is 19.2. The Hall–Kier alpha value is -2.12. The molecule has 7 nitrogen and oxygen atoms in total. The van der Waals surface area contributed by atoms with Crippen LogP contribution in [0.15, 0.2) is 28.8 Å². The molecule has 2 atom stereocenters. The molecule has 1 aliphatic carbocycles. The number of ether oxygens (including phenoxy) is 1. The highest BCUT2D eigenvalue weighted by Gasteiger charge is 2.29. The maximum atomic E-state index is 12.0. The van der Waals surface area contributed by atoms with Gasteiger partial charge in [0.1, 0.15) is 5.75 Å². The van der Waals surface area contributed by atoms with E-state index in [4.69, 9.17) is 15.0 Å². The number of halogens is 1. The van der Waals surface area contributed by atoms with Crippen LogP contribution in [0.3, 0.4) is 0 Å².